The van der Waals surface area contributed by atoms with Gasteiger partial charge in [0.2, 0.25) is 0 Å². The number of ketones is 3. The van der Waals surface area contributed by atoms with Crippen molar-refractivity contribution in [3.8, 4) is 0 Å². The molecule has 0 saturated heterocycles. The zero-order valence-electron chi connectivity index (χ0n) is 67.6. The SMILES string of the molecule is CC1CCC(C(=O)CCCNc2ncnc3c2ncn3C[C@@H](C)OCP(=O)(O)OP(=O)(O)OP(=O)(O)O)CC1.C[C@H](Cn1cnc2c(NCCCC(=O)CCCCN3C(=O)C=CC3=O)ncnc21)OCP(=O)(O)OP(=O)(O)OP(=O)(O)O.C[C@H](Cn1cnc2c(NCCCC(=O)c3cccc(N4C(=O)C=CC4=O)c3)ncnc21)OCP(=O)(O)OP(=O)(O)OP(=O)(O)O. The highest BCUT2D eigenvalue weighted by Crippen LogP contribution is 2.68. The lowest BCUT2D eigenvalue weighted by molar-refractivity contribution is -0.137. The molecule has 1 saturated carbocycles. The molecule has 6 unspecified atom stereocenters. The predicted molar refractivity (Wildman–Crippen MR) is 440 cm³/mol. The number of nitrogens with zero attached hydrogens (tertiary/aromatic N) is 14. The molecule has 2 aliphatic heterocycles. The van der Waals surface area contributed by atoms with Crippen LogP contribution < -0.4 is 20.9 Å². The highest BCUT2D eigenvalue weighted by Gasteiger charge is 2.43. The third kappa shape index (κ3) is 35.2. The summed E-state index contributed by atoms with van der Waals surface area (Å²) in [5, 5.41) is 9.38. The van der Waals surface area contributed by atoms with E-state index in [2.05, 4.69) is 93.6 Å². The van der Waals surface area contributed by atoms with Crippen LogP contribution >= 0.6 is 69.7 Å². The van der Waals surface area contributed by atoms with Gasteiger partial charge in [0.25, 0.3) is 23.6 Å². The quantitative estimate of drug-likeness (QED) is 0.00811. The predicted octanol–water partition coefficient (Wildman–Crippen LogP) is 6.75. The maximum absolute atomic E-state index is 12.8. The second kappa shape index (κ2) is 45.9. The standard InChI is InChI=1S/C23H27N6O13P3.C21H31N6O13P3.C20H34N5O11P3/c1-15(40-14-43(33,34)41-45(38,39)42-44(35,36)37)11-28-13-27-21-22(25-12-26-23(21)28)24-9-3-6-18(30)16-4-2-5-17(10-16)29-19(31)7-8-20(29)32;1-15(38-14-41(31,32)39-43(36,37)40-42(33,34)35)11-26-13-25-19-20(23-12-24-21(19)26)22-9-4-6-16(28)5-2-3-10-27-17(29)7-8-18(27)30;1-14-5-7-16(8-6-14)17(26)4-3-9-21-19-18-20(23-11-22-19)25(12-24-18)10-15(2)34-13-37(27,28)35-39(32,33)36-38(29,30)31/h2,4-5,7-8,10,12-13,15H,3,6,9,11,14H2,1H3,(H,33,34)(H,38,39)(H,24,25,26)(H2,35,36,37);7-8,12-13,15H,2-6,9-11,14H2,1H3,(H,31,32)(H,36,37)(H,22,23,24)(H2,33,34,35);11-12,14-16H,3-10,13H2,1-2H3,(H,27,28)(H,32,33)(H,21,22,23)(H2,29,30,31)/t2*15-;14?,15-,16?/m111/s1. The molecule has 10 rings (SSSR count). The second-order valence-electron chi connectivity index (χ2n) is 28.5. The van der Waals surface area contributed by atoms with Gasteiger partial charge in [0.1, 0.15) is 66.1 Å². The molecule has 8 heterocycles. The number of hydrogen-bond donors (Lipinski definition) is 15. The first-order valence-electron chi connectivity index (χ1n) is 37.9. The van der Waals surface area contributed by atoms with Crippen molar-refractivity contribution in [3.63, 3.8) is 0 Å². The molecule has 1 aliphatic carbocycles. The number of carbonyl (C=O) groups is 7. The monoisotopic (exact) mass is 1970 g/mol. The number of phosphoric acid groups is 6. The minimum Gasteiger partial charge on any atom is -0.368 e. The fraction of sp³-hybridized carbons (Fsp3) is 0.500. The van der Waals surface area contributed by atoms with E-state index in [0.29, 0.717) is 145 Å². The number of imidazole rings is 3. The molecule has 0 bridgehead atoms. The number of ether oxygens (including phenoxy) is 3. The van der Waals surface area contributed by atoms with Gasteiger partial charge in [-0.1, -0.05) is 31.9 Å². The third-order valence-electron chi connectivity index (χ3n) is 17.8. The van der Waals surface area contributed by atoms with Crippen molar-refractivity contribution in [2.24, 2.45) is 11.8 Å². The van der Waals surface area contributed by atoms with Crippen LogP contribution in [0.3, 0.4) is 0 Å². The molecule has 700 valence electrons. The number of benzene rings is 1. The van der Waals surface area contributed by atoms with Crippen molar-refractivity contribution in [2.45, 2.75) is 149 Å². The Morgan fingerprint density at radius 2 is 0.795 bits per heavy atom. The Hall–Kier alpha value is -7.73. The number of imide groups is 2. The Morgan fingerprint density at radius 3 is 1.17 bits per heavy atom. The van der Waals surface area contributed by atoms with Crippen LogP contribution in [0.15, 0.2) is 86.5 Å². The lowest BCUT2D eigenvalue weighted by Crippen LogP contribution is -2.30. The van der Waals surface area contributed by atoms with E-state index in [-0.39, 0.29) is 61.9 Å². The number of carbonyl (C=O) groups excluding carboxylic acids is 7. The Bertz CT molecular complexity index is 5600. The van der Waals surface area contributed by atoms with Crippen LogP contribution in [0.5, 0.6) is 0 Å². The highest BCUT2D eigenvalue weighted by atomic mass is 31.3. The molecule has 4 amide bonds. The molecule has 15 N–H and O–H groups in total. The smallest absolute Gasteiger partial charge is 0.368 e. The topological polar surface area (TPSA) is 772 Å². The summed E-state index contributed by atoms with van der Waals surface area (Å²) >= 11 is 0. The first-order valence-corrected chi connectivity index (χ1v) is 52.3. The van der Waals surface area contributed by atoms with Crippen molar-refractivity contribution in [2.75, 3.05) is 66.1 Å². The van der Waals surface area contributed by atoms with Crippen molar-refractivity contribution in [3.05, 3.63) is 92.1 Å². The van der Waals surface area contributed by atoms with E-state index in [1.807, 2.05) is 0 Å². The van der Waals surface area contributed by atoms with E-state index in [1.54, 1.807) is 38.8 Å². The number of aromatic nitrogens is 12. The lowest BCUT2D eigenvalue weighted by Gasteiger charge is -2.25. The van der Waals surface area contributed by atoms with Crippen LogP contribution in [0.1, 0.15) is 122 Å². The van der Waals surface area contributed by atoms with Gasteiger partial charge in [-0.2, -0.15) is 12.9 Å². The fourth-order valence-electron chi connectivity index (χ4n) is 12.3. The van der Waals surface area contributed by atoms with Gasteiger partial charge in [-0.25, -0.2) is 90.1 Å². The Kier molecular flexibility index (Phi) is 37.8. The summed E-state index contributed by atoms with van der Waals surface area (Å²) in [7, 11) is -47.9. The Balaban J connectivity index is 0.000000236. The summed E-state index contributed by atoms with van der Waals surface area (Å²) in [6, 6.07) is 6.24. The van der Waals surface area contributed by atoms with Crippen molar-refractivity contribution in [1.29, 1.82) is 0 Å². The summed E-state index contributed by atoms with van der Waals surface area (Å²) in [5.41, 5.74) is 3.14. The average Bonchev–Trinajstić information content (AvgIpc) is 1.68. The molecule has 9 atom stereocenters. The Morgan fingerprint density at radius 1 is 0.441 bits per heavy atom. The number of hydrogen-bond acceptors (Lipinski definition) is 37. The molecule has 3 aliphatic rings. The van der Waals surface area contributed by atoms with Crippen LogP contribution in [0, 0.1) is 11.8 Å². The maximum Gasteiger partial charge on any atom is 0.488 e. The van der Waals surface area contributed by atoms with E-state index in [9.17, 15) is 104 Å². The largest absolute Gasteiger partial charge is 0.488 e. The number of fused-ring (bicyclic) bond motifs is 3. The van der Waals surface area contributed by atoms with Crippen molar-refractivity contribution >= 4 is 167 Å². The molecule has 127 heavy (non-hydrogen) atoms. The second-order valence-corrected chi connectivity index (χ2v) is 42.7. The van der Waals surface area contributed by atoms with Gasteiger partial charge >= 0.3 is 69.7 Å². The molecule has 1 aromatic carbocycles. The van der Waals surface area contributed by atoms with Crippen LogP contribution in [0.25, 0.3) is 33.5 Å². The molecule has 6 aromatic heterocycles. The van der Waals surface area contributed by atoms with Crippen LogP contribution in [-0.4, -0.2) is 227 Å². The molecular weight excluding hydrogens is 1880 g/mol. The number of unbranched alkanes of at least 4 members (excludes halogenated alkanes) is 1. The molecule has 63 heteroatoms. The summed E-state index contributed by atoms with van der Waals surface area (Å²) in [4.78, 5) is 233. The van der Waals surface area contributed by atoms with E-state index < -0.39 is 119 Å². The zero-order chi connectivity index (χ0) is 93.7. The first kappa shape index (κ1) is 105. The average molecular weight is 1970 g/mol. The van der Waals surface area contributed by atoms with E-state index >= 15 is 0 Å². The number of Topliss-reactive ketones (excluding diaryl/α,β-unsaturated/α-hetero) is 3. The Labute approximate surface area is 720 Å². The van der Waals surface area contributed by atoms with Crippen LogP contribution in [0.4, 0.5) is 23.1 Å². The third-order valence-corrected chi connectivity index (χ3v) is 29.8. The lowest BCUT2D eigenvalue weighted by atomic mass is 9.80. The van der Waals surface area contributed by atoms with E-state index in [1.165, 1.54) is 70.0 Å². The summed E-state index contributed by atoms with van der Waals surface area (Å²) in [5.74, 6) is 0.661. The van der Waals surface area contributed by atoms with Crippen LogP contribution in [0.2, 0.25) is 0 Å². The van der Waals surface area contributed by atoms with E-state index in [0.717, 1.165) is 47.6 Å². The fourth-order valence-corrected chi connectivity index (χ4v) is 22.4. The minimum atomic E-state index is -5.57. The number of nitrogens with one attached hydrogen (secondary N) is 3. The molecule has 7 aromatic rings. The normalized spacial score (nSPS) is 18.7. The number of anilines is 4. The number of rotatable bonds is 50. The zero-order valence-corrected chi connectivity index (χ0v) is 75.6. The molecule has 54 nitrogen and oxygen atoms in total. The van der Waals surface area contributed by atoms with Gasteiger partial charge < -0.3 is 103 Å². The minimum absolute atomic E-state index is 0.0426. The van der Waals surface area contributed by atoms with Crippen molar-refractivity contribution < 1.29 is 173 Å². The van der Waals surface area contributed by atoms with Gasteiger partial charge in [0.15, 0.2) is 40.2 Å². The maximum atomic E-state index is 12.8. The van der Waals surface area contributed by atoms with Crippen LogP contribution in [-0.2, 0) is 130 Å². The summed E-state index contributed by atoms with van der Waals surface area (Å²) < 4.78 is 146. The van der Waals surface area contributed by atoms with Gasteiger partial charge in [0, 0.05) is 87.6 Å². The molecular formula is C64H92N17O37P9. The first-order chi connectivity index (χ1) is 59.2. The molecule has 1 fully saturated rings. The van der Waals surface area contributed by atoms with Gasteiger partial charge in [-0.05, 0) is 83.8 Å². The van der Waals surface area contributed by atoms with Crippen molar-refractivity contribution in [1.82, 2.24) is 63.5 Å². The van der Waals surface area contributed by atoms with Gasteiger partial charge in [-0.15, -0.1) is 0 Å². The summed E-state index contributed by atoms with van der Waals surface area (Å²) in [6.07, 6.45) is 15.6. The summed E-state index contributed by atoms with van der Waals surface area (Å²) in [6.45, 7) is 8.55. The molecule has 0 radical (unpaired) electrons. The van der Waals surface area contributed by atoms with Gasteiger partial charge in [0.05, 0.1) is 62.6 Å². The highest BCUT2D eigenvalue weighted by molar-refractivity contribution is 7.69. The van der Waals surface area contributed by atoms with E-state index in [4.69, 9.17) is 43.6 Å². The molecule has 0 spiro atoms. The van der Waals surface area contributed by atoms with Gasteiger partial charge in [-0.3, -0.25) is 52.2 Å². The number of amides is 4.